The summed E-state index contributed by atoms with van der Waals surface area (Å²) in [6, 6.07) is 8.32. The number of hydrogen-bond acceptors (Lipinski definition) is 1. The normalized spacial score (nSPS) is 15.9. The maximum atomic E-state index is 10.6. The molecule has 16 heavy (non-hydrogen) atoms. The molecule has 0 bridgehead atoms. The van der Waals surface area contributed by atoms with Gasteiger partial charge in [-0.25, -0.2) is 0 Å². The summed E-state index contributed by atoms with van der Waals surface area (Å²) in [7, 11) is 0. The topological polar surface area (TPSA) is 20.2 Å². The molecule has 0 aliphatic rings. The molecule has 0 spiro atoms. The first kappa shape index (κ1) is 13.2. The standard InChI is InChI=1S/C15H24O/c1-6-8-12-9-7-10-13(11-12)15(5,16)14(2,3)4/h7,9-11,16H,6,8H2,1-5H3. The van der Waals surface area contributed by atoms with E-state index in [1.165, 1.54) is 5.56 Å². The van der Waals surface area contributed by atoms with Gasteiger partial charge in [-0.05, 0) is 29.9 Å². The molecule has 0 heterocycles. The van der Waals surface area contributed by atoms with Gasteiger partial charge in [0.1, 0.15) is 0 Å². The van der Waals surface area contributed by atoms with Crippen molar-refractivity contribution >= 4 is 0 Å². The van der Waals surface area contributed by atoms with Crippen LogP contribution >= 0.6 is 0 Å². The number of aryl methyl sites for hydroxylation is 1. The Balaban J connectivity index is 3.08. The summed E-state index contributed by atoms with van der Waals surface area (Å²) >= 11 is 0. The van der Waals surface area contributed by atoms with Gasteiger partial charge in [-0.3, -0.25) is 0 Å². The lowest BCUT2D eigenvalue weighted by Gasteiger charge is -2.37. The molecule has 0 fully saturated rings. The SMILES string of the molecule is CCCc1cccc(C(C)(O)C(C)(C)C)c1. The van der Waals surface area contributed by atoms with Crippen molar-refractivity contribution in [2.24, 2.45) is 5.41 Å². The molecule has 1 atom stereocenters. The summed E-state index contributed by atoms with van der Waals surface area (Å²) in [4.78, 5) is 0. The van der Waals surface area contributed by atoms with Gasteiger partial charge in [0.25, 0.3) is 0 Å². The van der Waals surface area contributed by atoms with Gasteiger partial charge >= 0.3 is 0 Å². The summed E-state index contributed by atoms with van der Waals surface area (Å²) in [5.74, 6) is 0. The van der Waals surface area contributed by atoms with E-state index in [1.807, 2.05) is 19.1 Å². The average Bonchev–Trinajstić information content (AvgIpc) is 2.17. The van der Waals surface area contributed by atoms with E-state index in [-0.39, 0.29) is 5.41 Å². The van der Waals surface area contributed by atoms with Crippen LogP contribution in [0.25, 0.3) is 0 Å². The molecule has 1 heteroatoms. The minimum absolute atomic E-state index is 0.155. The zero-order valence-corrected chi connectivity index (χ0v) is 11.2. The summed E-state index contributed by atoms with van der Waals surface area (Å²) in [5.41, 5.74) is 1.39. The smallest absolute Gasteiger partial charge is 0.0916 e. The Morgan fingerprint density at radius 3 is 2.25 bits per heavy atom. The molecule has 1 unspecified atom stereocenters. The lowest BCUT2D eigenvalue weighted by molar-refractivity contribution is -0.0470. The van der Waals surface area contributed by atoms with Crippen LogP contribution in [0.15, 0.2) is 24.3 Å². The van der Waals surface area contributed by atoms with Crippen LogP contribution in [0.1, 0.15) is 52.2 Å². The Morgan fingerprint density at radius 2 is 1.75 bits per heavy atom. The number of rotatable bonds is 3. The molecular weight excluding hydrogens is 196 g/mol. The van der Waals surface area contributed by atoms with Crippen LogP contribution in [0.2, 0.25) is 0 Å². The molecule has 0 aliphatic carbocycles. The molecule has 0 aliphatic heterocycles. The fourth-order valence-corrected chi connectivity index (χ4v) is 1.75. The van der Waals surface area contributed by atoms with E-state index in [0.717, 1.165) is 18.4 Å². The van der Waals surface area contributed by atoms with Crippen molar-refractivity contribution in [1.82, 2.24) is 0 Å². The van der Waals surface area contributed by atoms with Crippen LogP contribution < -0.4 is 0 Å². The predicted octanol–water partition coefficient (Wildman–Crippen LogP) is 3.89. The summed E-state index contributed by atoms with van der Waals surface area (Å²) in [5, 5.41) is 10.6. The molecule has 0 amide bonds. The van der Waals surface area contributed by atoms with E-state index in [4.69, 9.17) is 0 Å². The molecular formula is C15H24O. The summed E-state index contributed by atoms with van der Waals surface area (Å²) in [6.07, 6.45) is 2.22. The van der Waals surface area contributed by atoms with E-state index in [2.05, 4.69) is 39.8 Å². The highest BCUT2D eigenvalue weighted by Gasteiger charge is 2.36. The van der Waals surface area contributed by atoms with Crippen molar-refractivity contribution < 1.29 is 5.11 Å². The van der Waals surface area contributed by atoms with Crippen molar-refractivity contribution in [3.05, 3.63) is 35.4 Å². The van der Waals surface area contributed by atoms with Crippen LogP contribution in [0.3, 0.4) is 0 Å². The van der Waals surface area contributed by atoms with E-state index in [1.54, 1.807) is 0 Å². The van der Waals surface area contributed by atoms with Gasteiger partial charge in [0.2, 0.25) is 0 Å². The molecule has 1 nitrogen and oxygen atoms in total. The number of aliphatic hydroxyl groups is 1. The largest absolute Gasteiger partial charge is 0.385 e. The van der Waals surface area contributed by atoms with Crippen LogP contribution in [0.5, 0.6) is 0 Å². The molecule has 1 aromatic rings. The van der Waals surface area contributed by atoms with E-state index in [0.29, 0.717) is 0 Å². The number of hydrogen-bond donors (Lipinski definition) is 1. The van der Waals surface area contributed by atoms with Gasteiger partial charge in [0.05, 0.1) is 5.60 Å². The Morgan fingerprint density at radius 1 is 1.12 bits per heavy atom. The van der Waals surface area contributed by atoms with Crippen LogP contribution in [0.4, 0.5) is 0 Å². The summed E-state index contributed by atoms with van der Waals surface area (Å²) in [6.45, 7) is 10.3. The van der Waals surface area contributed by atoms with Crippen LogP contribution in [-0.2, 0) is 12.0 Å². The third kappa shape index (κ3) is 2.65. The minimum atomic E-state index is -0.781. The molecule has 0 saturated heterocycles. The van der Waals surface area contributed by atoms with Crippen molar-refractivity contribution in [2.75, 3.05) is 0 Å². The maximum absolute atomic E-state index is 10.6. The second kappa shape index (κ2) is 4.58. The van der Waals surface area contributed by atoms with Crippen LogP contribution in [0, 0.1) is 5.41 Å². The van der Waals surface area contributed by atoms with Gasteiger partial charge in [-0.2, -0.15) is 0 Å². The monoisotopic (exact) mass is 220 g/mol. The fraction of sp³-hybridized carbons (Fsp3) is 0.600. The molecule has 90 valence electrons. The second-order valence-electron chi connectivity index (χ2n) is 5.77. The zero-order valence-electron chi connectivity index (χ0n) is 11.2. The van der Waals surface area contributed by atoms with E-state index in [9.17, 15) is 5.11 Å². The molecule has 1 aromatic carbocycles. The van der Waals surface area contributed by atoms with Gasteiger partial charge < -0.3 is 5.11 Å². The fourth-order valence-electron chi connectivity index (χ4n) is 1.75. The molecule has 0 radical (unpaired) electrons. The van der Waals surface area contributed by atoms with Crippen molar-refractivity contribution in [3.8, 4) is 0 Å². The Hall–Kier alpha value is -0.820. The number of benzene rings is 1. The minimum Gasteiger partial charge on any atom is -0.385 e. The molecule has 0 aromatic heterocycles. The average molecular weight is 220 g/mol. The third-order valence-corrected chi connectivity index (χ3v) is 3.49. The highest BCUT2D eigenvalue weighted by atomic mass is 16.3. The molecule has 1 N–H and O–H groups in total. The lowest BCUT2D eigenvalue weighted by Crippen LogP contribution is -2.36. The Kier molecular flexibility index (Phi) is 3.80. The van der Waals surface area contributed by atoms with Crippen molar-refractivity contribution in [3.63, 3.8) is 0 Å². The van der Waals surface area contributed by atoms with Crippen LogP contribution in [-0.4, -0.2) is 5.11 Å². The summed E-state index contributed by atoms with van der Waals surface area (Å²) < 4.78 is 0. The molecule has 1 rings (SSSR count). The van der Waals surface area contributed by atoms with Gasteiger partial charge in [0.15, 0.2) is 0 Å². The van der Waals surface area contributed by atoms with Crippen molar-refractivity contribution in [2.45, 2.75) is 53.1 Å². The molecule has 0 saturated carbocycles. The Bertz CT molecular complexity index is 345. The van der Waals surface area contributed by atoms with Gasteiger partial charge in [0, 0.05) is 0 Å². The Labute approximate surface area is 99.5 Å². The van der Waals surface area contributed by atoms with Crippen molar-refractivity contribution in [1.29, 1.82) is 0 Å². The van der Waals surface area contributed by atoms with E-state index < -0.39 is 5.60 Å². The van der Waals surface area contributed by atoms with Gasteiger partial charge in [-0.1, -0.05) is 58.4 Å². The predicted molar refractivity (Wildman–Crippen MR) is 69.5 cm³/mol. The zero-order chi connectivity index (χ0) is 12.4. The lowest BCUT2D eigenvalue weighted by atomic mass is 9.73. The maximum Gasteiger partial charge on any atom is 0.0916 e. The second-order valence-corrected chi connectivity index (χ2v) is 5.77. The first-order valence-corrected chi connectivity index (χ1v) is 6.11. The highest BCUT2D eigenvalue weighted by Crippen LogP contribution is 2.38. The quantitative estimate of drug-likeness (QED) is 0.819. The van der Waals surface area contributed by atoms with Gasteiger partial charge in [-0.15, -0.1) is 0 Å². The van der Waals surface area contributed by atoms with E-state index >= 15 is 0 Å². The highest BCUT2D eigenvalue weighted by molar-refractivity contribution is 5.29. The first-order valence-electron chi connectivity index (χ1n) is 6.11. The third-order valence-electron chi connectivity index (χ3n) is 3.49. The first-order chi connectivity index (χ1) is 7.29.